The molecule has 0 saturated heterocycles. The lowest BCUT2D eigenvalue weighted by Gasteiger charge is -2.49. The van der Waals surface area contributed by atoms with E-state index in [2.05, 4.69) is 11.8 Å². The molecule has 3 rings (SSSR count). The molecule has 0 aromatic rings. The van der Waals surface area contributed by atoms with Gasteiger partial charge in [0.15, 0.2) is 0 Å². The number of hydrogen-bond donors (Lipinski definition) is 4. The summed E-state index contributed by atoms with van der Waals surface area (Å²) in [5.74, 6) is 2.32. The van der Waals surface area contributed by atoms with E-state index in [9.17, 15) is 20.4 Å². The monoisotopic (exact) mass is 453 g/mol. The standard InChI is InChI=1S/C27H51NO4/c1-20-2-8-25(9-3-20)28(26-10-4-21(5-11-26)14-23(16-29)17-30)27-12-6-22(7-13-27)15-24(18-31)19-32/h20-27,29-32H,2-19H2,1H3. The van der Waals surface area contributed by atoms with Crippen LogP contribution in [-0.2, 0) is 0 Å². The van der Waals surface area contributed by atoms with Gasteiger partial charge in [-0.15, -0.1) is 0 Å². The summed E-state index contributed by atoms with van der Waals surface area (Å²) in [7, 11) is 0. The highest BCUT2D eigenvalue weighted by Crippen LogP contribution is 2.41. The van der Waals surface area contributed by atoms with Crippen LogP contribution in [0.25, 0.3) is 0 Å². The van der Waals surface area contributed by atoms with E-state index in [0.717, 1.165) is 24.8 Å². The molecule has 0 atom stereocenters. The largest absolute Gasteiger partial charge is 0.396 e. The third-order valence-corrected chi connectivity index (χ3v) is 9.25. The minimum atomic E-state index is 0.0597. The molecule has 0 aromatic carbocycles. The van der Waals surface area contributed by atoms with Crippen molar-refractivity contribution in [2.24, 2.45) is 29.6 Å². The molecule has 0 amide bonds. The van der Waals surface area contributed by atoms with Gasteiger partial charge in [0.1, 0.15) is 0 Å². The van der Waals surface area contributed by atoms with E-state index in [1.165, 1.54) is 77.0 Å². The zero-order chi connectivity index (χ0) is 22.9. The normalized spacial score (nSPS) is 34.5. The Morgan fingerprint density at radius 1 is 0.531 bits per heavy atom. The first-order valence-corrected chi connectivity index (χ1v) is 13.8. The fourth-order valence-corrected chi connectivity index (χ4v) is 7.15. The van der Waals surface area contributed by atoms with E-state index in [1.807, 2.05) is 0 Å². The predicted octanol–water partition coefficient (Wildman–Crippen LogP) is 3.97. The maximum absolute atomic E-state index is 9.47. The highest BCUT2D eigenvalue weighted by Gasteiger charge is 2.38. The Kier molecular flexibility index (Phi) is 11.2. The van der Waals surface area contributed by atoms with Gasteiger partial charge in [0.2, 0.25) is 0 Å². The fourth-order valence-electron chi connectivity index (χ4n) is 7.15. The molecule has 0 radical (unpaired) electrons. The van der Waals surface area contributed by atoms with E-state index >= 15 is 0 Å². The van der Waals surface area contributed by atoms with Crippen LogP contribution in [0.1, 0.15) is 96.8 Å². The number of nitrogens with zero attached hydrogens (tertiary/aromatic N) is 1. The molecule has 3 aliphatic carbocycles. The van der Waals surface area contributed by atoms with Crippen molar-refractivity contribution >= 4 is 0 Å². The highest BCUT2D eigenvalue weighted by molar-refractivity contribution is 4.92. The van der Waals surface area contributed by atoms with Crippen molar-refractivity contribution in [3.63, 3.8) is 0 Å². The van der Waals surface area contributed by atoms with Crippen molar-refractivity contribution in [2.75, 3.05) is 26.4 Å². The Morgan fingerprint density at radius 2 is 0.844 bits per heavy atom. The first-order chi connectivity index (χ1) is 15.6. The zero-order valence-electron chi connectivity index (χ0n) is 20.6. The summed E-state index contributed by atoms with van der Waals surface area (Å²) < 4.78 is 0. The second-order valence-corrected chi connectivity index (χ2v) is 11.6. The lowest BCUT2D eigenvalue weighted by atomic mass is 9.76. The van der Waals surface area contributed by atoms with Crippen molar-refractivity contribution in [2.45, 2.75) is 115 Å². The van der Waals surface area contributed by atoms with Gasteiger partial charge in [0.05, 0.1) is 0 Å². The molecular weight excluding hydrogens is 402 g/mol. The van der Waals surface area contributed by atoms with Gasteiger partial charge < -0.3 is 20.4 Å². The van der Waals surface area contributed by atoms with E-state index < -0.39 is 0 Å². The van der Waals surface area contributed by atoms with E-state index in [0.29, 0.717) is 23.9 Å². The summed E-state index contributed by atoms with van der Waals surface area (Å²) in [5.41, 5.74) is 0. The maximum Gasteiger partial charge on any atom is 0.0481 e. The lowest BCUT2D eigenvalue weighted by Crippen LogP contribution is -2.52. The first kappa shape index (κ1) is 26.4. The van der Waals surface area contributed by atoms with Crippen molar-refractivity contribution in [3.8, 4) is 0 Å². The third kappa shape index (κ3) is 7.40. The molecule has 0 bridgehead atoms. The zero-order valence-corrected chi connectivity index (χ0v) is 20.6. The highest BCUT2D eigenvalue weighted by atomic mass is 16.3. The average molecular weight is 454 g/mol. The van der Waals surface area contributed by atoms with Gasteiger partial charge in [-0.2, -0.15) is 0 Å². The van der Waals surface area contributed by atoms with Gasteiger partial charge >= 0.3 is 0 Å². The quantitative estimate of drug-likeness (QED) is 0.380. The number of rotatable bonds is 11. The fraction of sp³-hybridized carbons (Fsp3) is 1.00. The molecule has 0 spiro atoms. The molecule has 3 aliphatic rings. The van der Waals surface area contributed by atoms with Gasteiger partial charge in [-0.05, 0) is 108 Å². The van der Waals surface area contributed by atoms with Crippen LogP contribution in [0.3, 0.4) is 0 Å². The summed E-state index contributed by atoms with van der Waals surface area (Å²) in [4.78, 5) is 2.99. The van der Waals surface area contributed by atoms with Crippen LogP contribution >= 0.6 is 0 Å². The van der Waals surface area contributed by atoms with E-state index in [1.54, 1.807) is 0 Å². The molecule has 32 heavy (non-hydrogen) atoms. The van der Waals surface area contributed by atoms with Gasteiger partial charge in [-0.1, -0.05) is 6.92 Å². The Morgan fingerprint density at radius 3 is 1.16 bits per heavy atom. The van der Waals surface area contributed by atoms with Crippen molar-refractivity contribution in [3.05, 3.63) is 0 Å². The molecule has 188 valence electrons. The van der Waals surface area contributed by atoms with Crippen LogP contribution in [0.5, 0.6) is 0 Å². The summed E-state index contributed by atoms with van der Waals surface area (Å²) >= 11 is 0. The van der Waals surface area contributed by atoms with Gasteiger partial charge in [0, 0.05) is 56.4 Å². The van der Waals surface area contributed by atoms with Gasteiger partial charge in [-0.3, -0.25) is 4.90 Å². The minimum absolute atomic E-state index is 0.0597. The van der Waals surface area contributed by atoms with Gasteiger partial charge in [-0.25, -0.2) is 0 Å². The van der Waals surface area contributed by atoms with Crippen LogP contribution in [0.15, 0.2) is 0 Å². The molecule has 0 aromatic heterocycles. The number of hydrogen-bond acceptors (Lipinski definition) is 5. The summed E-state index contributed by atoms with van der Waals surface area (Å²) in [5, 5.41) is 37.9. The summed E-state index contributed by atoms with van der Waals surface area (Å²) in [6.07, 6.45) is 17.5. The molecule has 0 aliphatic heterocycles. The topological polar surface area (TPSA) is 84.2 Å². The van der Waals surface area contributed by atoms with Crippen LogP contribution in [0.4, 0.5) is 0 Å². The van der Waals surface area contributed by atoms with Crippen LogP contribution in [0.2, 0.25) is 0 Å². The smallest absolute Gasteiger partial charge is 0.0481 e. The van der Waals surface area contributed by atoms with Crippen molar-refractivity contribution in [1.29, 1.82) is 0 Å². The Labute approximate surface area is 196 Å². The van der Waals surface area contributed by atoms with E-state index in [-0.39, 0.29) is 38.3 Å². The van der Waals surface area contributed by atoms with E-state index in [4.69, 9.17) is 0 Å². The van der Waals surface area contributed by atoms with Gasteiger partial charge in [0.25, 0.3) is 0 Å². The first-order valence-electron chi connectivity index (χ1n) is 13.8. The minimum Gasteiger partial charge on any atom is -0.396 e. The molecule has 3 saturated carbocycles. The van der Waals surface area contributed by atoms with Crippen LogP contribution in [0, 0.1) is 29.6 Å². The van der Waals surface area contributed by atoms with Crippen LogP contribution in [-0.4, -0.2) is 69.9 Å². The molecule has 5 heteroatoms. The number of aliphatic hydroxyl groups excluding tert-OH is 4. The number of aliphatic hydroxyl groups is 4. The molecule has 4 N–H and O–H groups in total. The molecular formula is C27H51NO4. The second kappa shape index (κ2) is 13.6. The predicted molar refractivity (Wildman–Crippen MR) is 129 cm³/mol. The van der Waals surface area contributed by atoms with Crippen molar-refractivity contribution in [1.82, 2.24) is 4.90 Å². The SMILES string of the molecule is CC1CCC(N(C2CCC(CC(CO)CO)CC2)C2CCC(CC(CO)CO)CC2)CC1. The molecule has 3 fully saturated rings. The van der Waals surface area contributed by atoms with Crippen molar-refractivity contribution < 1.29 is 20.4 Å². The second-order valence-electron chi connectivity index (χ2n) is 11.6. The summed E-state index contributed by atoms with van der Waals surface area (Å²) in [6.45, 7) is 2.85. The Balaban J connectivity index is 1.58. The Hall–Kier alpha value is -0.200. The third-order valence-electron chi connectivity index (χ3n) is 9.25. The lowest BCUT2D eigenvalue weighted by molar-refractivity contribution is -0.000769. The molecule has 0 heterocycles. The Bertz CT molecular complexity index is 452. The average Bonchev–Trinajstić information content (AvgIpc) is 2.84. The van der Waals surface area contributed by atoms with Crippen LogP contribution < -0.4 is 0 Å². The molecule has 0 unspecified atom stereocenters. The molecule has 5 nitrogen and oxygen atoms in total. The summed E-state index contributed by atoms with van der Waals surface area (Å²) in [6, 6.07) is 2.16. The maximum atomic E-state index is 9.47.